The molecule has 198 valence electrons. The minimum Gasteiger partial charge on any atom is -0.406 e. The molecule has 0 saturated heterocycles. The lowest BCUT2D eigenvalue weighted by atomic mass is 10.0. The van der Waals surface area contributed by atoms with Crippen molar-refractivity contribution < 1.29 is 37.0 Å². The molecule has 0 aliphatic heterocycles. The Hall–Kier alpha value is -4.59. The van der Waals surface area contributed by atoms with Gasteiger partial charge >= 0.3 is 6.36 Å². The number of anilines is 1. The molecule has 4 rings (SSSR count). The first-order valence-electron chi connectivity index (χ1n) is 11.0. The highest BCUT2D eigenvalue weighted by molar-refractivity contribution is 5.96. The summed E-state index contributed by atoms with van der Waals surface area (Å²) in [5.41, 5.74) is 1.57. The van der Waals surface area contributed by atoms with Crippen LogP contribution in [-0.2, 0) is 4.79 Å². The van der Waals surface area contributed by atoms with Gasteiger partial charge in [-0.05, 0) is 50.2 Å². The van der Waals surface area contributed by atoms with Gasteiger partial charge in [-0.3, -0.25) is 14.6 Å². The van der Waals surface area contributed by atoms with Gasteiger partial charge < -0.3 is 20.5 Å². The van der Waals surface area contributed by atoms with Gasteiger partial charge in [-0.1, -0.05) is 0 Å². The highest BCUT2D eigenvalue weighted by Crippen LogP contribution is 2.28. The molecule has 0 radical (unpaired) electrons. The molecule has 0 aliphatic rings. The number of benzene rings is 1. The number of pyridine rings is 1. The zero-order chi connectivity index (χ0) is 27.6. The number of nitrogens with zero attached hydrogens (tertiary/aromatic N) is 4. The van der Waals surface area contributed by atoms with Crippen LogP contribution >= 0.6 is 0 Å². The van der Waals surface area contributed by atoms with Gasteiger partial charge in [0.15, 0.2) is 11.5 Å². The van der Waals surface area contributed by atoms with Crippen molar-refractivity contribution in [2.75, 3.05) is 11.9 Å². The SMILES string of the molecule is Cc1ncc(-c2ccc3nc(NC(=O)CO)cn3n2)cc1C(=O)N[C@H](C)c1cc(OC(F)(F)F)ccc1F. The number of amides is 2. The quantitative estimate of drug-likeness (QED) is 0.310. The van der Waals surface area contributed by atoms with Gasteiger partial charge in [-0.15, -0.1) is 13.2 Å². The molecule has 14 heteroatoms. The van der Waals surface area contributed by atoms with E-state index in [9.17, 15) is 27.2 Å². The predicted octanol–water partition coefficient (Wildman–Crippen LogP) is 3.56. The van der Waals surface area contributed by atoms with Crippen molar-refractivity contribution in [2.45, 2.75) is 26.3 Å². The summed E-state index contributed by atoms with van der Waals surface area (Å²) in [6.45, 7) is 2.30. The number of imidazole rings is 1. The molecule has 0 unspecified atom stereocenters. The van der Waals surface area contributed by atoms with E-state index in [2.05, 4.69) is 30.4 Å². The number of hydrogen-bond acceptors (Lipinski definition) is 7. The van der Waals surface area contributed by atoms with Crippen LogP contribution in [0.1, 0.15) is 34.6 Å². The van der Waals surface area contributed by atoms with E-state index in [0.717, 1.165) is 18.2 Å². The standard InChI is InChI=1S/C24H20F4N6O4/c1-12-17(23(37)30-13(2)16-8-15(3-4-18(16)25)38-24(26,27)28)7-14(9-29-12)19-5-6-21-31-20(10-34(21)33-19)32-22(36)11-35/h3-10,13,35H,11H2,1-2H3,(H,30,37)(H,32,36)/t13-/m1/s1. The van der Waals surface area contributed by atoms with E-state index < -0.39 is 42.4 Å². The van der Waals surface area contributed by atoms with E-state index in [-0.39, 0.29) is 16.9 Å². The summed E-state index contributed by atoms with van der Waals surface area (Å²) < 4.78 is 57.2. The van der Waals surface area contributed by atoms with Crippen molar-refractivity contribution in [3.05, 3.63) is 71.4 Å². The number of carbonyl (C=O) groups excluding carboxylic acids is 2. The average molecular weight is 532 g/mol. The van der Waals surface area contributed by atoms with Crippen LogP contribution < -0.4 is 15.4 Å². The smallest absolute Gasteiger partial charge is 0.406 e. The summed E-state index contributed by atoms with van der Waals surface area (Å²) in [4.78, 5) is 32.8. The zero-order valence-corrected chi connectivity index (χ0v) is 19.9. The number of carbonyl (C=O) groups is 2. The van der Waals surface area contributed by atoms with Gasteiger partial charge in [0.1, 0.15) is 18.2 Å². The van der Waals surface area contributed by atoms with Gasteiger partial charge in [0.25, 0.3) is 11.8 Å². The second-order valence-electron chi connectivity index (χ2n) is 8.14. The number of hydrogen-bond donors (Lipinski definition) is 3. The first-order chi connectivity index (χ1) is 17.9. The van der Waals surface area contributed by atoms with Crippen LogP contribution in [0.5, 0.6) is 5.75 Å². The molecule has 3 heterocycles. The Balaban J connectivity index is 1.57. The van der Waals surface area contributed by atoms with E-state index in [1.54, 1.807) is 19.1 Å². The molecule has 10 nitrogen and oxygen atoms in total. The Morgan fingerprint density at radius 3 is 2.66 bits per heavy atom. The van der Waals surface area contributed by atoms with Crippen LogP contribution in [0.2, 0.25) is 0 Å². The lowest BCUT2D eigenvalue weighted by Gasteiger charge is -2.18. The minimum atomic E-state index is -4.95. The molecule has 1 aromatic carbocycles. The molecule has 0 spiro atoms. The first kappa shape index (κ1) is 26.5. The highest BCUT2D eigenvalue weighted by atomic mass is 19.4. The summed E-state index contributed by atoms with van der Waals surface area (Å²) in [7, 11) is 0. The van der Waals surface area contributed by atoms with Gasteiger partial charge in [0.2, 0.25) is 0 Å². The molecule has 1 atom stereocenters. The lowest BCUT2D eigenvalue weighted by molar-refractivity contribution is -0.274. The van der Waals surface area contributed by atoms with Gasteiger partial charge in [-0.2, -0.15) is 5.10 Å². The fourth-order valence-electron chi connectivity index (χ4n) is 3.58. The van der Waals surface area contributed by atoms with Gasteiger partial charge in [0.05, 0.1) is 29.2 Å². The van der Waals surface area contributed by atoms with E-state index in [4.69, 9.17) is 5.11 Å². The lowest BCUT2D eigenvalue weighted by Crippen LogP contribution is -2.28. The topological polar surface area (TPSA) is 131 Å². The normalized spacial score (nSPS) is 12.3. The maximum absolute atomic E-state index is 14.3. The number of halogens is 4. The van der Waals surface area contributed by atoms with Crippen molar-refractivity contribution in [2.24, 2.45) is 0 Å². The Bertz CT molecular complexity index is 1520. The second-order valence-corrected chi connectivity index (χ2v) is 8.14. The number of aliphatic hydroxyl groups excluding tert-OH is 1. The number of fused-ring (bicyclic) bond motifs is 1. The number of rotatable bonds is 7. The largest absolute Gasteiger partial charge is 0.573 e. The summed E-state index contributed by atoms with van der Waals surface area (Å²) in [6, 6.07) is 6.29. The first-order valence-corrected chi connectivity index (χ1v) is 11.0. The number of ether oxygens (including phenoxy) is 1. The van der Waals surface area contributed by atoms with Crippen LogP contribution in [0.15, 0.2) is 48.8 Å². The Morgan fingerprint density at radius 1 is 1.18 bits per heavy atom. The summed E-state index contributed by atoms with van der Waals surface area (Å²) in [6.07, 6.45) is -2.02. The third-order valence-corrected chi connectivity index (χ3v) is 5.37. The Labute approximate surface area is 212 Å². The average Bonchev–Trinajstić information content (AvgIpc) is 3.25. The molecular formula is C24H20F4N6O4. The summed E-state index contributed by atoms with van der Waals surface area (Å²) in [5.74, 6) is -2.52. The van der Waals surface area contributed by atoms with Crippen LogP contribution in [0.4, 0.5) is 23.4 Å². The van der Waals surface area contributed by atoms with Crippen LogP contribution in [-0.4, -0.2) is 49.5 Å². The van der Waals surface area contributed by atoms with Crippen LogP contribution in [0, 0.1) is 12.7 Å². The van der Waals surface area contributed by atoms with Crippen LogP contribution in [0.3, 0.4) is 0 Å². The Kier molecular flexibility index (Phi) is 7.26. The number of nitrogens with one attached hydrogen (secondary N) is 2. The molecular weight excluding hydrogens is 512 g/mol. The third kappa shape index (κ3) is 6.03. The second kappa shape index (κ2) is 10.4. The summed E-state index contributed by atoms with van der Waals surface area (Å²) >= 11 is 0. The van der Waals surface area contributed by atoms with Crippen LogP contribution in [0.25, 0.3) is 16.9 Å². The predicted molar refractivity (Wildman–Crippen MR) is 126 cm³/mol. The monoisotopic (exact) mass is 532 g/mol. The minimum absolute atomic E-state index is 0.140. The molecule has 38 heavy (non-hydrogen) atoms. The van der Waals surface area contributed by atoms with Crippen molar-refractivity contribution in [3.63, 3.8) is 0 Å². The van der Waals surface area contributed by atoms with Crippen molar-refractivity contribution in [3.8, 4) is 17.0 Å². The summed E-state index contributed by atoms with van der Waals surface area (Å²) in [5, 5.41) is 18.3. The molecule has 3 aromatic heterocycles. The highest BCUT2D eigenvalue weighted by Gasteiger charge is 2.31. The molecule has 0 bridgehead atoms. The van der Waals surface area contributed by atoms with Crippen molar-refractivity contribution >= 4 is 23.3 Å². The molecule has 0 fully saturated rings. The van der Waals surface area contributed by atoms with E-state index >= 15 is 0 Å². The van der Waals surface area contributed by atoms with Gasteiger partial charge in [-0.25, -0.2) is 13.9 Å². The van der Waals surface area contributed by atoms with E-state index in [1.807, 2.05) is 0 Å². The van der Waals surface area contributed by atoms with Gasteiger partial charge in [0, 0.05) is 17.3 Å². The number of aryl methyl sites for hydroxylation is 1. The maximum Gasteiger partial charge on any atom is 0.573 e. The van der Waals surface area contributed by atoms with Crippen molar-refractivity contribution in [1.29, 1.82) is 0 Å². The molecule has 4 aromatic rings. The third-order valence-electron chi connectivity index (χ3n) is 5.37. The number of aromatic nitrogens is 4. The molecule has 0 aliphatic carbocycles. The molecule has 2 amide bonds. The van der Waals surface area contributed by atoms with E-state index in [0.29, 0.717) is 22.6 Å². The molecule has 3 N–H and O–H groups in total. The zero-order valence-electron chi connectivity index (χ0n) is 19.9. The number of aliphatic hydroxyl groups is 1. The molecule has 0 saturated carbocycles. The Morgan fingerprint density at radius 2 is 1.95 bits per heavy atom. The number of alkyl halides is 3. The maximum atomic E-state index is 14.3. The fraction of sp³-hybridized carbons (Fsp3) is 0.208. The fourth-order valence-corrected chi connectivity index (χ4v) is 3.58. The van der Waals surface area contributed by atoms with Crippen molar-refractivity contribution in [1.82, 2.24) is 24.9 Å². The van der Waals surface area contributed by atoms with E-state index in [1.165, 1.54) is 29.9 Å².